The van der Waals surface area contributed by atoms with Crippen LogP contribution in [0.3, 0.4) is 0 Å². The molecule has 0 atom stereocenters. The Morgan fingerprint density at radius 2 is 1.83 bits per heavy atom. The van der Waals surface area contributed by atoms with Crippen LogP contribution in [0, 0.1) is 19.7 Å². The number of aryl methyl sites for hydroxylation is 2. The van der Waals surface area contributed by atoms with E-state index in [1.54, 1.807) is 12.1 Å². The lowest BCUT2D eigenvalue weighted by Gasteiger charge is -2.17. The Hall–Kier alpha value is -2.15. The highest BCUT2D eigenvalue weighted by molar-refractivity contribution is 5.75. The van der Waals surface area contributed by atoms with Gasteiger partial charge in [-0.1, -0.05) is 42.5 Å². The van der Waals surface area contributed by atoms with Gasteiger partial charge in [-0.05, 0) is 81.4 Å². The van der Waals surface area contributed by atoms with Crippen LogP contribution in [-0.2, 0) is 0 Å². The Morgan fingerprint density at radius 3 is 2.33 bits per heavy atom. The van der Waals surface area contributed by atoms with Crippen molar-refractivity contribution in [3.05, 3.63) is 88.8 Å². The van der Waals surface area contributed by atoms with Gasteiger partial charge in [0.05, 0.1) is 0 Å². The largest absolute Gasteiger partial charge is 0.206 e. The van der Waals surface area contributed by atoms with E-state index in [4.69, 9.17) is 0 Å². The summed E-state index contributed by atoms with van der Waals surface area (Å²) >= 11 is 0. The van der Waals surface area contributed by atoms with Gasteiger partial charge in [0, 0.05) is 5.56 Å². The molecule has 0 fully saturated rings. The van der Waals surface area contributed by atoms with Gasteiger partial charge in [0.1, 0.15) is 5.82 Å². The van der Waals surface area contributed by atoms with Gasteiger partial charge in [0.15, 0.2) is 0 Å². The van der Waals surface area contributed by atoms with Crippen LogP contribution in [0.25, 0.3) is 5.57 Å². The van der Waals surface area contributed by atoms with Gasteiger partial charge in [0.25, 0.3) is 0 Å². The predicted molar refractivity (Wildman–Crippen MR) is 106 cm³/mol. The molecule has 0 nitrogen and oxygen atoms in total. The summed E-state index contributed by atoms with van der Waals surface area (Å²) in [5, 5.41) is 0. The molecule has 0 N–H and O–H groups in total. The normalized spacial score (nSPS) is 13.2. The van der Waals surface area contributed by atoms with Gasteiger partial charge in [-0.15, -0.1) is 6.58 Å². The molecule has 0 unspecified atom stereocenters. The minimum Gasteiger partial charge on any atom is -0.206 e. The first-order valence-electron chi connectivity index (χ1n) is 8.38. The fourth-order valence-electron chi connectivity index (χ4n) is 2.99. The molecule has 1 heteroatoms. The molecule has 0 saturated carbocycles. The SMILES string of the molecule is C=C/C=C(\C=C/C)C(/CCC(=C)C)=C(/C)c1c(C)cc(C)cc1F. The Kier molecular flexibility index (Phi) is 7.64. The highest BCUT2D eigenvalue weighted by atomic mass is 19.1. The molecule has 24 heavy (non-hydrogen) atoms. The van der Waals surface area contributed by atoms with E-state index < -0.39 is 0 Å². The summed E-state index contributed by atoms with van der Waals surface area (Å²) in [6.45, 7) is 17.7. The molecule has 0 bridgehead atoms. The number of halogens is 1. The second-order valence-corrected chi connectivity index (χ2v) is 6.36. The van der Waals surface area contributed by atoms with Crippen LogP contribution >= 0.6 is 0 Å². The third kappa shape index (κ3) is 5.19. The number of rotatable bonds is 7. The second kappa shape index (κ2) is 9.22. The van der Waals surface area contributed by atoms with Gasteiger partial charge in [-0.2, -0.15) is 0 Å². The maximum Gasteiger partial charge on any atom is 0.131 e. The zero-order valence-electron chi connectivity index (χ0n) is 15.7. The molecule has 0 saturated heterocycles. The molecular formula is C23H29F. The summed E-state index contributed by atoms with van der Waals surface area (Å²) in [7, 11) is 0. The lowest BCUT2D eigenvalue weighted by atomic mass is 9.88. The predicted octanol–water partition coefficient (Wildman–Crippen LogP) is 7.26. The zero-order chi connectivity index (χ0) is 18.3. The van der Waals surface area contributed by atoms with E-state index in [2.05, 4.69) is 19.2 Å². The van der Waals surface area contributed by atoms with Crippen LogP contribution < -0.4 is 0 Å². The number of allylic oxidation sites excluding steroid dienone is 8. The molecule has 0 aliphatic heterocycles. The fourth-order valence-corrected chi connectivity index (χ4v) is 2.99. The molecule has 0 aliphatic rings. The molecule has 0 heterocycles. The van der Waals surface area contributed by atoms with E-state index in [1.807, 2.05) is 52.8 Å². The number of hydrogen-bond donors (Lipinski definition) is 0. The van der Waals surface area contributed by atoms with Crippen molar-refractivity contribution in [1.82, 2.24) is 0 Å². The van der Waals surface area contributed by atoms with Crippen LogP contribution in [-0.4, -0.2) is 0 Å². The summed E-state index contributed by atoms with van der Waals surface area (Å²) < 4.78 is 14.6. The maximum absolute atomic E-state index is 14.6. The Morgan fingerprint density at radius 1 is 1.17 bits per heavy atom. The molecule has 1 aromatic rings. The van der Waals surface area contributed by atoms with E-state index in [0.717, 1.165) is 46.3 Å². The molecule has 1 rings (SSSR count). The molecule has 0 radical (unpaired) electrons. The van der Waals surface area contributed by atoms with Crippen molar-refractivity contribution in [1.29, 1.82) is 0 Å². The number of benzene rings is 1. The van der Waals surface area contributed by atoms with Crippen LogP contribution in [0.2, 0.25) is 0 Å². The molecule has 0 spiro atoms. The van der Waals surface area contributed by atoms with Crippen LogP contribution in [0.1, 0.15) is 50.3 Å². The Labute approximate surface area is 146 Å². The third-order valence-electron chi connectivity index (χ3n) is 4.05. The van der Waals surface area contributed by atoms with Crippen molar-refractivity contribution in [3.63, 3.8) is 0 Å². The van der Waals surface area contributed by atoms with Crippen molar-refractivity contribution < 1.29 is 4.39 Å². The van der Waals surface area contributed by atoms with E-state index in [1.165, 1.54) is 0 Å². The quantitative estimate of drug-likeness (QED) is 0.365. The standard InChI is InChI=1S/C23H29F/c1-8-10-20(11-9-2)21(13-12-16(3)4)19(7)23-18(6)14-17(5)15-22(23)24/h8-11,14-15H,1,3,12-13H2,2,4-7H3/b11-9-,20-10+,21-19-. The molecule has 0 amide bonds. The fraction of sp³-hybridized carbons (Fsp3) is 0.304. The second-order valence-electron chi connectivity index (χ2n) is 6.36. The molecule has 128 valence electrons. The van der Waals surface area contributed by atoms with Gasteiger partial charge >= 0.3 is 0 Å². The molecule has 1 aromatic carbocycles. The van der Waals surface area contributed by atoms with E-state index in [9.17, 15) is 4.39 Å². The Balaban J connectivity index is 3.60. The van der Waals surface area contributed by atoms with Gasteiger partial charge in [0.2, 0.25) is 0 Å². The summed E-state index contributed by atoms with van der Waals surface area (Å²) in [6, 6.07) is 3.64. The van der Waals surface area contributed by atoms with Crippen LogP contribution in [0.4, 0.5) is 4.39 Å². The number of hydrogen-bond acceptors (Lipinski definition) is 0. The summed E-state index contributed by atoms with van der Waals surface area (Å²) in [5.74, 6) is -0.156. The van der Waals surface area contributed by atoms with E-state index in [-0.39, 0.29) is 5.82 Å². The lowest BCUT2D eigenvalue weighted by Crippen LogP contribution is -1.99. The topological polar surface area (TPSA) is 0 Å². The lowest BCUT2D eigenvalue weighted by molar-refractivity contribution is 0.621. The van der Waals surface area contributed by atoms with Gasteiger partial charge < -0.3 is 0 Å². The first kappa shape index (κ1) is 19.9. The summed E-state index contributed by atoms with van der Waals surface area (Å²) in [4.78, 5) is 0. The van der Waals surface area contributed by atoms with E-state index in [0.29, 0.717) is 5.56 Å². The first-order valence-corrected chi connectivity index (χ1v) is 8.38. The minimum absolute atomic E-state index is 0.156. The third-order valence-corrected chi connectivity index (χ3v) is 4.05. The van der Waals surface area contributed by atoms with E-state index >= 15 is 0 Å². The van der Waals surface area contributed by atoms with Crippen LogP contribution in [0.15, 0.2) is 66.3 Å². The van der Waals surface area contributed by atoms with Crippen molar-refractivity contribution in [2.24, 2.45) is 0 Å². The van der Waals surface area contributed by atoms with Crippen molar-refractivity contribution in [2.75, 3.05) is 0 Å². The summed E-state index contributed by atoms with van der Waals surface area (Å²) in [5.41, 5.74) is 6.94. The van der Waals surface area contributed by atoms with Crippen molar-refractivity contribution >= 4 is 5.57 Å². The summed E-state index contributed by atoms with van der Waals surface area (Å²) in [6.07, 6.45) is 9.53. The maximum atomic E-state index is 14.6. The highest BCUT2D eigenvalue weighted by Gasteiger charge is 2.14. The first-order chi connectivity index (χ1) is 11.3. The molecule has 0 aromatic heterocycles. The van der Waals surface area contributed by atoms with Gasteiger partial charge in [-0.3, -0.25) is 0 Å². The minimum atomic E-state index is -0.156. The van der Waals surface area contributed by atoms with Crippen molar-refractivity contribution in [2.45, 2.75) is 47.5 Å². The monoisotopic (exact) mass is 324 g/mol. The Bertz CT molecular complexity index is 689. The molecule has 0 aliphatic carbocycles. The smallest absolute Gasteiger partial charge is 0.131 e. The highest BCUT2D eigenvalue weighted by Crippen LogP contribution is 2.32. The van der Waals surface area contributed by atoms with Crippen LogP contribution in [0.5, 0.6) is 0 Å². The van der Waals surface area contributed by atoms with Gasteiger partial charge in [-0.25, -0.2) is 4.39 Å². The molecular weight excluding hydrogens is 295 g/mol. The average molecular weight is 324 g/mol. The van der Waals surface area contributed by atoms with Crippen molar-refractivity contribution in [3.8, 4) is 0 Å². The average Bonchev–Trinajstić information content (AvgIpc) is 2.46. The zero-order valence-corrected chi connectivity index (χ0v) is 15.7.